The van der Waals surface area contributed by atoms with Gasteiger partial charge in [-0.1, -0.05) is 29.8 Å². The first kappa shape index (κ1) is 20.1. The Bertz CT molecular complexity index is 1020. The highest BCUT2D eigenvalue weighted by Crippen LogP contribution is 2.28. The molecule has 146 valence electrons. The molecular weight excluding hydrogens is 399 g/mol. The third-order valence-corrected chi connectivity index (χ3v) is 4.75. The number of nitrogens with one attached hydrogen (secondary N) is 2. The average Bonchev–Trinajstić information content (AvgIpc) is 2.91. The summed E-state index contributed by atoms with van der Waals surface area (Å²) in [5.41, 5.74) is 3.61. The van der Waals surface area contributed by atoms with Crippen LogP contribution in [-0.2, 0) is 6.54 Å². The van der Waals surface area contributed by atoms with Crippen molar-refractivity contribution in [3.63, 3.8) is 0 Å². The van der Waals surface area contributed by atoms with Crippen molar-refractivity contribution in [1.29, 1.82) is 0 Å². The first-order valence-electron chi connectivity index (χ1n) is 8.58. The van der Waals surface area contributed by atoms with Gasteiger partial charge in [0.1, 0.15) is 11.6 Å². The van der Waals surface area contributed by atoms with E-state index < -0.39 is 0 Å². The Hall–Kier alpha value is -2.64. The normalized spacial score (nSPS) is 10.6. The zero-order valence-corrected chi connectivity index (χ0v) is 17.3. The van der Waals surface area contributed by atoms with Crippen LogP contribution in [-0.4, -0.2) is 22.0 Å². The number of thiocarbonyl (C=S) groups is 1. The van der Waals surface area contributed by atoms with Crippen LogP contribution in [0.2, 0.25) is 5.02 Å². The minimum absolute atomic E-state index is 0.255. The molecule has 0 aliphatic rings. The number of hydrogen-bond acceptors (Lipinski definition) is 3. The fourth-order valence-corrected chi connectivity index (χ4v) is 3.25. The van der Waals surface area contributed by atoms with Crippen molar-refractivity contribution in [2.75, 3.05) is 17.7 Å². The van der Waals surface area contributed by atoms with Crippen molar-refractivity contribution in [2.24, 2.45) is 0 Å². The molecule has 0 saturated heterocycles. The van der Waals surface area contributed by atoms with Crippen LogP contribution in [0.4, 0.5) is 15.8 Å². The number of aryl methyl sites for hydroxylation is 1. The van der Waals surface area contributed by atoms with Gasteiger partial charge in [0.2, 0.25) is 0 Å². The molecule has 0 atom stereocenters. The van der Waals surface area contributed by atoms with E-state index in [9.17, 15) is 4.39 Å². The molecule has 5 nitrogen and oxygen atoms in total. The predicted octanol–water partition coefficient (Wildman–Crippen LogP) is 5.16. The van der Waals surface area contributed by atoms with Gasteiger partial charge in [-0.2, -0.15) is 5.10 Å². The molecular formula is C20H20ClFN4OS. The van der Waals surface area contributed by atoms with E-state index >= 15 is 0 Å². The highest BCUT2D eigenvalue weighted by Gasteiger charge is 2.15. The van der Waals surface area contributed by atoms with Crippen molar-refractivity contribution < 1.29 is 9.13 Å². The number of aromatic nitrogens is 2. The minimum atomic E-state index is -0.255. The standard InChI is InChI=1S/C20H20ClFN4OS/c1-12-19(13(2)26(25-12)11-14-6-4-5-7-16(14)22)24-20(28)23-17-10-15(21)8-9-18(17)27-3/h4-10H,11H2,1-3H3,(H2,23,24,28). The average molecular weight is 419 g/mol. The molecule has 1 aromatic heterocycles. The molecule has 3 aromatic rings. The molecule has 0 fully saturated rings. The van der Waals surface area contributed by atoms with Gasteiger partial charge in [-0.05, 0) is 50.3 Å². The van der Waals surface area contributed by atoms with Crippen molar-refractivity contribution in [1.82, 2.24) is 9.78 Å². The molecule has 0 bridgehead atoms. The molecule has 0 unspecified atom stereocenters. The molecule has 3 rings (SSSR count). The second-order valence-corrected chi connectivity index (χ2v) is 7.06. The van der Waals surface area contributed by atoms with Crippen LogP contribution >= 0.6 is 23.8 Å². The van der Waals surface area contributed by atoms with Crippen LogP contribution in [0.25, 0.3) is 0 Å². The van der Waals surface area contributed by atoms with Crippen molar-refractivity contribution >= 4 is 40.3 Å². The summed E-state index contributed by atoms with van der Waals surface area (Å²) in [7, 11) is 1.58. The van der Waals surface area contributed by atoms with Crippen LogP contribution < -0.4 is 15.4 Å². The molecule has 0 amide bonds. The molecule has 0 radical (unpaired) electrons. The summed E-state index contributed by atoms with van der Waals surface area (Å²) in [5.74, 6) is 0.368. The molecule has 8 heteroatoms. The molecule has 28 heavy (non-hydrogen) atoms. The first-order chi connectivity index (χ1) is 13.4. The Morgan fingerprint density at radius 3 is 2.68 bits per heavy atom. The number of rotatable bonds is 5. The number of anilines is 2. The third kappa shape index (κ3) is 4.43. The van der Waals surface area contributed by atoms with E-state index in [2.05, 4.69) is 15.7 Å². The third-order valence-electron chi connectivity index (χ3n) is 4.31. The predicted molar refractivity (Wildman–Crippen MR) is 115 cm³/mol. The molecule has 2 N–H and O–H groups in total. The van der Waals surface area contributed by atoms with Gasteiger partial charge >= 0.3 is 0 Å². The van der Waals surface area contributed by atoms with Gasteiger partial charge in [0.05, 0.1) is 36.4 Å². The lowest BCUT2D eigenvalue weighted by Crippen LogP contribution is -2.20. The van der Waals surface area contributed by atoms with E-state index in [4.69, 9.17) is 28.6 Å². The minimum Gasteiger partial charge on any atom is -0.495 e. The first-order valence-corrected chi connectivity index (χ1v) is 9.36. The second-order valence-electron chi connectivity index (χ2n) is 6.22. The summed E-state index contributed by atoms with van der Waals surface area (Å²) in [6, 6.07) is 11.9. The van der Waals surface area contributed by atoms with Crippen LogP contribution in [0.5, 0.6) is 5.75 Å². The molecule has 0 aliphatic heterocycles. The van der Waals surface area contributed by atoms with Crippen LogP contribution in [0.1, 0.15) is 17.0 Å². The fourth-order valence-electron chi connectivity index (χ4n) is 2.86. The lowest BCUT2D eigenvalue weighted by molar-refractivity contribution is 0.417. The maximum Gasteiger partial charge on any atom is 0.175 e. The number of methoxy groups -OCH3 is 1. The molecule has 0 spiro atoms. The highest BCUT2D eigenvalue weighted by molar-refractivity contribution is 7.80. The number of benzene rings is 2. The zero-order chi connectivity index (χ0) is 20.3. The Balaban J connectivity index is 1.78. The van der Waals surface area contributed by atoms with E-state index in [1.54, 1.807) is 48.2 Å². The number of nitrogens with zero attached hydrogens (tertiary/aromatic N) is 2. The van der Waals surface area contributed by atoms with Crippen LogP contribution in [0, 0.1) is 19.7 Å². The van der Waals surface area contributed by atoms with Gasteiger partial charge in [0.25, 0.3) is 0 Å². The summed E-state index contributed by atoms with van der Waals surface area (Å²) < 4.78 is 21.0. The number of hydrogen-bond donors (Lipinski definition) is 2. The fraction of sp³-hybridized carbons (Fsp3) is 0.200. The summed E-state index contributed by atoms with van der Waals surface area (Å²) in [6.45, 7) is 4.12. The quantitative estimate of drug-likeness (QED) is 0.560. The van der Waals surface area contributed by atoms with Gasteiger partial charge in [-0.15, -0.1) is 0 Å². The Morgan fingerprint density at radius 1 is 1.21 bits per heavy atom. The maximum absolute atomic E-state index is 14.0. The molecule has 0 saturated carbocycles. The molecule has 1 heterocycles. The van der Waals surface area contributed by atoms with Gasteiger partial charge in [0.15, 0.2) is 5.11 Å². The maximum atomic E-state index is 14.0. The lowest BCUT2D eigenvalue weighted by atomic mass is 10.2. The molecule has 2 aromatic carbocycles. The summed E-state index contributed by atoms with van der Waals surface area (Å²) in [6.07, 6.45) is 0. The largest absolute Gasteiger partial charge is 0.495 e. The van der Waals surface area contributed by atoms with Crippen molar-refractivity contribution in [3.05, 3.63) is 70.3 Å². The van der Waals surface area contributed by atoms with Crippen LogP contribution in [0.15, 0.2) is 42.5 Å². The second kappa shape index (κ2) is 8.58. The smallest absolute Gasteiger partial charge is 0.175 e. The van der Waals surface area contributed by atoms with Gasteiger partial charge in [0, 0.05) is 10.6 Å². The van der Waals surface area contributed by atoms with Crippen molar-refractivity contribution in [2.45, 2.75) is 20.4 Å². The van der Waals surface area contributed by atoms with Crippen LogP contribution in [0.3, 0.4) is 0 Å². The summed E-state index contributed by atoms with van der Waals surface area (Å²) >= 11 is 11.5. The zero-order valence-electron chi connectivity index (χ0n) is 15.7. The Kier molecular flexibility index (Phi) is 6.16. The van der Waals surface area contributed by atoms with Gasteiger partial charge in [-0.25, -0.2) is 4.39 Å². The number of halogens is 2. The topological polar surface area (TPSA) is 51.1 Å². The van der Waals surface area contributed by atoms with E-state index in [-0.39, 0.29) is 5.82 Å². The van der Waals surface area contributed by atoms with Crippen molar-refractivity contribution in [3.8, 4) is 5.75 Å². The van der Waals surface area contributed by atoms with Gasteiger partial charge < -0.3 is 15.4 Å². The van der Waals surface area contributed by atoms with Gasteiger partial charge in [-0.3, -0.25) is 4.68 Å². The van der Waals surface area contributed by atoms with E-state index in [0.29, 0.717) is 33.7 Å². The highest BCUT2D eigenvalue weighted by atomic mass is 35.5. The monoisotopic (exact) mass is 418 g/mol. The SMILES string of the molecule is COc1ccc(Cl)cc1NC(=S)Nc1c(C)nn(Cc2ccccc2F)c1C. The summed E-state index contributed by atoms with van der Waals surface area (Å²) in [5, 5.41) is 11.7. The molecule has 0 aliphatic carbocycles. The van der Waals surface area contributed by atoms with E-state index in [0.717, 1.165) is 17.1 Å². The number of ether oxygens (including phenoxy) is 1. The van der Waals surface area contributed by atoms with E-state index in [1.807, 2.05) is 13.8 Å². The Labute approximate surface area is 173 Å². The van der Waals surface area contributed by atoms with E-state index in [1.165, 1.54) is 6.07 Å². The summed E-state index contributed by atoms with van der Waals surface area (Å²) in [4.78, 5) is 0. The Morgan fingerprint density at radius 2 is 1.96 bits per heavy atom. The lowest BCUT2D eigenvalue weighted by Gasteiger charge is -2.14.